The highest BCUT2D eigenvalue weighted by molar-refractivity contribution is 6.30. The number of ether oxygens (including phenoxy) is 1. The molecule has 0 aromatic heterocycles. The highest BCUT2D eigenvalue weighted by atomic mass is 35.5. The lowest BCUT2D eigenvalue weighted by molar-refractivity contribution is -0.117. The lowest BCUT2D eigenvalue weighted by Crippen LogP contribution is -2.47. The van der Waals surface area contributed by atoms with Gasteiger partial charge in [-0.25, -0.2) is 0 Å². The van der Waals surface area contributed by atoms with Crippen molar-refractivity contribution < 1.29 is 14.3 Å². The van der Waals surface area contributed by atoms with Crippen molar-refractivity contribution in [1.82, 2.24) is 0 Å². The number of nitrogens with zero attached hydrogens (tertiary/aromatic N) is 2. The predicted molar refractivity (Wildman–Crippen MR) is 137 cm³/mol. The zero-order valence-corrected chi connectivity index (χ0v) is 20.6. The van der Waals surface area contributed by atoms with E-state index in [4.69, 9.17) is 16.3 Å². The summed E-state index contributed by atoms with van der Waals surface area (Å²) in [5, 5.41) is 0.617. The van der Waals surface area contributed by atoms with Gasteiger partial charge in [0.05, 0.1) is 12.1 Å². The van der Waals surface area contributed by atoms with E-state index in [-0.39, 0.29) is 30.0 Å². The van der Waals surface area contributed by atoms with Gasteiger partial charge in [0.1, 0.15) is 5.75 Å². The molecule has 4 rings (SSSR count). The summed E-state index contributed by atoms with van der Waals surface area (Å²) in [5.74, 6) is 0.601. The summed E-state index contributed by atoms with van der Waals surface area (Å²) in [6.45, 7) is 7.53. The summed E-state index contributed by atoms with van der Waals surface area (Å²) < 4.78 is 5.71. The average molecular weight is 477 g/mol. The molecule has 0 radical (unpaired) electrons. The fraction of sp³-hybridized carbons (Fsp3) is 0.286. The van der Waals surface area contributed by atoms with Crippen molar-refractivity contribution in [3.05, 3.63) is 88.9 Å². The van der Waals surface area contributed by atoms with E-state index in [0.717, 1.165) is 22.7 Å². The molecule has 0 spiro atoms. The Morgan fingerprint density at radius 2 is 1.65 bits per heavy atom. The van der Waals surface area contributed by atoms with Crippen molar-refractivity contribution in [2.24, 2.45) is 0 Å². The van der Waals surface area contributed by atoms with Crippen molar-refractivity contribution >= 4 is 34.8 Å². The number of halogens is 1. The Kier molecular flexibility index (Phi) is 6.94. The second-order valence-corrected chi connectivity index (χ2v) is 9.33. The van der Waals surface area contributed by atoms with Crippen molar-refractivity contribution in [3.8, 4) is 5.75 Å². The van der Waals surface area contributed by atoms with Gasteiger partial charge < -0.3 is 14.5 Å². The van der Waals surface area contributed by atoms with Gasteiger partial charge in [-0.15, -0.1) is 0 Å². The van der Waals surface area contributed by atoms with E-state index >= 15 is 0 Å². The summed E-state index contributed by atoms with van der Waals surface area (Å²) >= 11 is 6.08. The van der Waals surface area contributed by atoms with Gasteiger partial charge in [-0.1, -0.05) is 29.8 Å². The molecule has 0 N–H and O–H groups in total. The zero-order chi connectivity index (χ0) is 24.4. The third-order valence-electron chi connectivity index (χ3n) is 6.01. The van der Waals surface area contributed by atoms with Crippen LogP contribution in [0.1, 0.15) is 56.1 Å². The topological polar surface area (TPSA) is 49.9 Å². The highest BCUT2D eigenvalue weighted by Gasteiger charge is 2.38. The zero-order valence-electron chi connectivity index (χ0n) is 19.9. The minimum atomic E-state index is -0.198. The fourth-order valence-electron chi connectivity index (χ4n) is 4.61. The van der Waals surface area contributed by atoms with E-state index < -0.39 is 0 Å². The van der Waals surface area contributed by atoms with Crippen LogP contribution in [0.15, 0.2) is 72.8 Å². The van der Waals surface area contributed by atoms with Gasteiger partial charge in [-0.05, 0) is 87.4 Å². The largest absolute Gasteiger partial charge is 0.491 e. The molecule has 2 atom stereocenters. The molecule has 6 heteroatoms. The molecule has 1 heterocycles. The number of rotatable bonds is 5. The molecule has 0 saturated heterocycles. The van der Waals surface area contributed by atoms with Gasteiger partial charge in [0.25, 0.3) is 5.91 Å². The number of amides is 2. The Balaban J connectivity index is 1.70. The van der Waals surface area contributed by atoms with E-state index in [1.165, 1.54) is 0 Å². The van der Waals surface area contributed by atoms with Crippen molar-refractivity contribution in [2.45, 2.75) is 52.3 Å². The molecule has 0 bridgehead atoms. The number of benzene rings is 3. The standard InChI is InChI=1S/C28H29ClN2O3/c1-18(2)34-24-15-9-21(10-16-24)28(33)30-19(3)17-27(25-7-5-6-8-26(25)30)31(20(4)32)23-13-11-22(29)12-14-23/h5-16,18-19,27H,17H2,1-4H3/t19-,27+/m0/s1. The fourth-order valence-corrected chi connectivity index (χ4v) is 4.73. The van der Waals surface area contributed by atoms with Crippen LogP contribution in [0.4, 0.5) is 11.4 Å². The smallest absolute Gasteiger partial charge is 0.258 e. The molecule has 2 amide bonds. The molecule has 1 aliphatic heterocycles. The van der Waals surface area contributed by atoms with E-state index in [0.29, 0.717) is 17.0 Å². The monoisotopic (exact) mass is 476 g/mol. The number of carbonyl (C=O) groups is 2. The summed E-state index contributed by atoms with van der Waals surface area (Å²) in [7, 11) is 0. The normalized spacial score (nSPS) is 17.3. The first-order valence-corrected chi connectivity index (χ1v) is 11.9. The van der Waals surface area contributed by atoms with E-state index in [2.05, 4.69) is 0 Å². The third-order valence-corrected chi connectivity index (χ3v) is 6.26. The Bertz CT molecular complexity index is 1180. The number of hydrogen-bond donors (Lipinski definition) is 0. The number of fused-ring (bicyclic) bond motifs is 1. The molecule has 0 unspecified atom stereocenters. The van der Waals surface area contributed by atoms with Gasteiger partial charge in [-0.2, -0.15) is 0 Å². The number of carbonyl (C=O) groups excluding carboxylic acids is 2. The van der Waals surface area contributed by atoms with Crippen LogP contribution >= 0.6 is 11.6 Å². The van der Waals surface area contributed by atoms with Crippen LogP contribution in [0.2, 0.25) is 5.02 Å². The minimum Gasteiger partial charge on any atom is -0.491 e. The van der Waals surface area contributed by atoms with Crippen LogP contribution in [0.5, 0.6) is 5.75 Å². The lowest BCUT2D eigenvalue weighted by Gasteiger charge is -2.43. The maximum atomic E-state index is 13.6. The molecule has 1 aliphatic rings. The SMILES string of the molecule is CC(=O)N(c1ccc(Cl)cc1)[C@@H]1C[C@H](C)N(C(=O)c2ccc(OC(C)C)cc2)c2ccccc21. The molecule has 176 valence electrons. The Labute approximate surface area is 205 Å². The van der Waals surface area contributed by atoms with Gasteiger partial charge in [-0.3, -0.25) is 9.59 Å². The summed E-state index contributed by atoms with van der Waals surface area (Å²) in [4.78, 5) is 30.0. The molecule has 34 heavy (non-hydrogen) atoms. The maximum absolute atomic E-state index is 13.6. The van der Waals surface area contributed by atoms with Crippen LogP contribution in [-0.2, 0) is 4.79 Å². The first kappa shape index (κ1) is 23.8. The predicted octanol–water partition coefficient (Wildman–Crippen LogP) is 6.66. The summed E-state index contributed by atoms with van der Waals surface area (Å²) in [6, 6.07) is 22.0. The lowest BCUT2D eigenvalue weighted by atomic mass is 9.89. The molecule has 3 aromatic rings. The Morgan fingerprint density at radius 1 is 1.00 bits per heavy atom. The Hall–Kier alpha value is -3.31. The van der Waals surface area contributed by atoms with Crippen LogP contribution in [0.25, 0.3) is 0 Å². The highest BCUT2D eigenvalue weighted by Crippen LogP contribution is 2.42. The second-order valence-electron chi connectivity index (χ2n) is 8.89. The molecular weight excluding hydrogens is 448 g/mol. The van der Waals surface area contributed by atoms with Crippen LogP contribution in [-0.4, -0.2) is 24.0 Å². The van der Waals surface area contributed by atoms with Gasteiger partial charge in [0, 0.05) is 34.9 Å². The molecule has 0 saturated carbocycles. The second kappa shape index (κ2) is 9.90. The van der Waals surface area contributed by atoms with Crippen LogP contribution < -0.4 is 14.5 Å². The quantitative estimate of drug-likeness (QED) is 0.413. The molecular formula is C28H29ClN2O3. The molecule has 0 fully saturated rings. The maximum Gasteiger partial charge on any atom is 0.258 e. The first-order chi connectivity index (χ1) is 16.3. The van der Waals surface area contributed by atoms with Crippen molar-refractivity contribution in [2.75, 3.05) is 9.80 Å². The average Bonchev–Trinajstić information content (AvgIpc) is 2.80. The molecule has 0 aliphatic carbocycles. The molecule has 3 aromatic carbocycles. The van der Waals surface area contributed by atoms with Crippen LogP contribution in [0, 0.1) is 0 Å². The third kappa shape index (κ3) is 4.80. The number of anilines is 2. The van der Waals surface area contributed by atoms with Crippen LogP contribution in [0.3, 0.4) is 0 Å². The van der Waals surface area contributed by atoms with E-state index in [1.54, 1.807) is 36.1 Å². The van der Waals surface area contributed by atoms with Crippen molar-refractivity contribution in [1.29, 1.82) is 0 Å². The number of para-hydroxylation sites is 1. The minimum absolute atomic E-state index is 0.0603. The van der Waals surface area contributed by atoms with Gasteiger partial charge >= 0.3 is 0 Å². The van der Waals surface area contributed by atoms with Gasteiger partial charge in [0.15, 0.2) is 0 Å². The summed E-state index contributed by atoms with van der Waals surface area (Å²) in [6.07, 6.45) is 0.678. The van der Waals surface area contributed by atoms with Crippen molar-refractivity contribution in [3.63, 3.8) is 0 Å². The number of hydrogen-bond acceptors (Lipinski definition) is 3. The summed E-state index contributed by atoms with van der Waals surface area (Å²) in [5.41, 5.74) is 3.14. The first-order valence-electron chi connectivity index (χ1n) is 11.5. The Morgan fingerprint density at radius 3 is 2.26 bits per heavy atom. The molecule has 5 nitrogen and oxygen atoms in total. The van der Waals surface area contributed by atoms with E-state index in [9.17, 15) is 9.59 Å². The van der Waals surface area contributed by atoms with E-state index in [1.807, 2.05) is 74.2 Å². The van der Waals surface area contributed by atoms with Gasteiger partial charge in [0.2, 0.25) is 5.91 Å².